The van der Waals surface area contributed by atoms with Crippen molar-refractivity contribution < 1.29 is 22.6 Å². The first-order valence-electron chi connectivity index (χ1n) is 9.68. The van der Waals surface area contributed by atoms with Gasteiger partial charge in [-0.3, -0.25) is 4.98 Å². The lowest BCUT2D eigenvalue weighted by atomic mass is 10.2. The molecule has 0 radical (unpaired) electrons. The van der Waals surface area contributed by atoms with Crippen LogP contribution in [0, 0.1) is 0 Å². The highest BCUT2D eigenvalue weighted by Crippen LogP contribution is 2.33. The lowest BCUT2D eigenvalue weighted by molar-refractivity contribution is -0.141. The fraction of sp³-hybridized carbons (Fsp3) is 0.400. The molecule has 1 N–H and O–H groups in total. The molecule has 8 nitrogen and oxygen atoms in total. The SMILES string of the molecule is COc1ccnc2nc(N3CCOCC3C)nc(NCc3cccnc3C(F)(F)F)c12. The van der Waals surface area contributed by atoms with Crippen LogP contribution in [0.3, 0.4) is 0 Å². The number of aromatic nitrogens is 4. The van der Waals surface area contributed by atoms with Crippen LogP contribution in [-0.2, 0) is 17.5 Å². The summed E-state index contributed by atoms with van der Waals surface area (Å²) in [5.41, 5.74) is -0.549. The second kappa shape index (κ2) is 8.50. The Morgan fingerprint density at radius 3 is 2.81 bits per heavy atom. The zero-order valence-corrected chi connectivity index (χ0v) is 17.0. The van der Waals surface area contributed by atoms with Crippen molar-refractivity contribution in [3.63, 3.8) is 0 Å². The van der Waals surface area contributed by atoms with Crippen molar-refractivity contribution >= 4 is 22.8 Å². The Kier molecular flexibility index (Phi) is 5.77. The molecule has 0 aromatic carbocycles. The highest BCUT2D eigenvalue weighted by Gasteiger charge is 2.35. The lowest BCUT2D eigenvalue weighted by Gasteiger charge is -2.33. The maximum Gasteiger partial charge on any atom is 0.433 e. The molecule has 3 aromatic rings. The number of nitrogens with one attached hydrogen (secondary N) is 1. The van der Waals surface area contributed by atoms with Gasteiger partial charge in [-0.2, -0.15) is 23.1 Å². The molecule has 1 unspecified atom stereocenters. The van der Waals surface area contributed by atoms with Gasteiger partial charge in [0.15, 0.2) is 5.65 Å². The first kappa shape index (κ1) is 21.0. The molecule has 4 rings (SSSR count). The van der Waals surface area contributed by atoms with Gasteiger partial charge in [0.2, 0.25) is 5.95 Å². The van der Waals surface area contributed by atoms with Gasteiger partial charge in [-0.05, 0) is 19.1 Å². The van der Waals surface area contributed by atoms with E-state index in [4.69, 9.17) is 9.47 Å². The second-order valence-electron chi connectivity index (χ2n) is 7.06. The molecule has 1 saturated heterocycles. The van der Waals surface area contributed by atoms with E-state index in [0.717, 1.165) is 6.20 Å². The van der Waals surface area contributed by atoms with E-state index in [1.165, 1.54) is 19.2 Å². The van der Waals surface area contributed by atoms with Crippen LogP contribution in [0.15, 0.2) is 30.6 Å². The van der Waals surface area contributed by atoms with Gasteiger partial charge in [0, 0.05) is 31.0 Å². The summed E-state index contributed by atoms with van der Waals surface area (Å²) < 4.78 is 50.9. The zero-order valence-electron chi connectivity index (χ0n) is 17.0. The number of nitrogens with zero attached hydrogens (tertiary/aromatic N) is 5. The van der Waals surface area contributed by atoms with Gasteiger partial charge in [0.25, 0.3) is 0 Å². The minimum Gasteiger partial charge on any atom is -0.496 e. The zero-order chi connectivity index (χ0) is 22.0. The van der Waals surface area contributed by atoms with Gasteiger partial charge in [-0.1, -0.05) is 6.07 Å². The molecule has 164 valence electrons. The molecule has 1 fully saturated rings. The molecule has 1 aliphatic heterocycles. The molecule has 0 spiro atoms. The number of rotatable bonds is 5. The van der Waals surface area contributed by atoms with E-state index in [9.17, 15) is 13.2 Å². The smallest absolute Gasteiger partial charge is 0.433 e. The summed E-state index contributed by atoms with van der Waals surface area (Å²) in [6.45, 7) is 3.51. The van der Waals surface area contributed by atoms with Gasteiger partial charge in [-0.15, -0.1) is 0 Å². The first-order chi connectivity index (χ1) is 14.9. The highest BCUT2D eigenvalue weighted by molar-refractivity contribution is 5.93. The van der Waals surface area contributed by atoms with Crippen molar-refractivity contribution in [2.45, 2.75) is 25.7 Å². The summed E-state index contributed by atoms with van der Waals surface area (Å²) in [4.78, 5) is 19.0. The number of pyridine rings is 2. The maximum absolute atomic E-state index is 13.3. The third kappa shape index (κ3) is 4.31. The average Bonchev–Trinajstić information content (AvgIpc) is 2.76. The number of morpholine rings is 1. The summed E-state index contributed by atoms with van der Waals surface area (Å²) in [6.07, 6.45) is -1.87. The number of hydrogen-bond acceptors (Lipinski definition) is 8. The predicted molar refractivity (Wildman–Crippen MR) is 108 cm³/mol. The fourth-order valence-corrected chi connectivity index (χ4v) is 3.48. The number of alkyl halides is 3. The van der Waals surface area contributed by atoms with Crippen molar-refractivity contribution in [2.24, 2.45) is 0 Å². The van der Waals surface area contributed by atoms with Crippen LogP contribution in [0.5, 0.6) is 5.75 Å². The van der Waals surface area contributed by atoms with Crippen LogP contribution < -0.4 is 15.0 Å². The number of ether oxygens (including phenoxy) is 2. The Morgan fingerprint density at radius 1 is 1.23 bits per heavy atom. The summed E-state index contributed by atoms with van der Waals surface area (Å²) in [5, 5.41) is 3.51. The monoisotopic (exact) mass is 434 g/mol. The standard InChI is InChI=1S/C20H21F3N6O2/c1-12-11-31-9-8-29(12)19-27-17-15(14(30-2)5-7-25-17)18(28-19)26-10-13-4-3-6-24-16(13)20(21,22)23/h3-7,12H,8-11H2,1-2H3,(H,25,26,27,28). The first-order valence-corrected chi connectivity index (χ1v) is 9.68. The largest absolute Gasteiger partial charge is 0.496 e. The Balaban J connectivity index is 1.75. The summed E-state index contributed by atoms with van der Waals surface area (Å²) in [5.74, 6) is 1.23. The Hall–Kier alpha value is -3.21. The van der Waals surface area contributed by atoms with E-state index in [-0.39, 0.29) is 18.2 Å². The third-order valence-electron chi connectivity index (χ3n) is 5.00. The number of hydrogen-bond donors (Lipinski definition) is 1. The van der Waals surface area contributed by atoms with Gasteiger partial charge < -0.3 is 19.7 Å². The molecule has 0 aliphatic carbocycles. The summed E-state index contributed by atoms with van der Waals surface area (Å²) in [6, 6.07) is 4.54. The molecule has 1 atom stereocenters. The Bertz CT molecular complexity index is 1080. The molecule has 0 amide bonds. The van der Waals surface area contributed by atoms with Crippen molar-refractivity contribution in [1.82, 2.24) is 19.9 Å². The van der Waals surface area contributed by atoms with Crippen LogP contribution in [0.4, 0.5) is 24.9 Å². The predicted octanol–water partition coefficient (Wildman–Crippen LogP) is 3.28. The minimum atomic E-state index is -4.56. The van der Waals surface area contributed by atoms with Gasteiger partial charge >= 0.3 is 6.18 Å². The Labute approximate surface area is 176 Å². The quantitative estimate of drug-likeness (QED) is 0.655. The molecule has 4 heterocycles. The van der Waals surface area contributed by atoms with Crippen LogP contribution in [0.1, 0.15) is 18.2 Å². The third-order valence-corrected chi connectivity index (χ3v) is 5.00. The number of methoxy groups -OCH3 is 1. The molecule has 3 aromatic heterocycles. The number of anilines is 2. The van der Waals surface area contributed by atoms with Gasteiger partial charge in [-0.25, -0.2) is 4.98 Å². The van der Waals surface area contributed by atoms with Crippen LogP contribution in [0.2, 0.25) is 0 Å². The van der Waals surface area contributed by atoms with E-state index >= 15 is 0 Å². The molecule has 1 aliphatic rings. The topological polar surface area (TPSA) is 85.3 Å². The highest BCUT2D eigenvalue weighted by atomic mass is 19.4. The lowest BCUT2D eigenvalue weighted by Crippen LogP contribution is -2.44. The molecule has 11 heteroatoms. The molecule has 31 heavy (non-hydrogen) atoms. The maximum atomic E-state index is 13.3. The van der Waals surface area contributed by atoms with Crippen LogP contribution >= 0.6 is 0 Å². The van der Waals surface area contributed by atoms with Gasteiger partial charge in [0.05, 0.1) is 26.4 Å². The summed E-state index contributed by atoms with van der Waals surface area (Å²) in [7, 11) is 1.50. The molecule has 0 saturated carbocycles. The van der Waals surface area contributed by atoms with Gasteiger partial charge in [0.1, 0.15) is 22.6 Å². The van der Waals surface area contributed by atoms with E-state index in [2.05, 4.69) is 25.3 Å². The van der Waals surface area contributed by atoms with E-state index in [1.54, 1.807) is 12.3 Å². The summed E-state index contributed by atoms with van der Waals surface area (Å²) >= 11 is 0. The minimum absolute atomic E-state index is 0.00547. The van der Waals surface area contributed by atoms with E-state index < -0.39 is 11.9 Å². The van der Waals surface area contributed by atoms with Crippen LogP contribution in [0.25, 0.3) is 11.0 Å². The van der Waals surface area contributed by atoms with E-state index in [0.29, 0.717) is 48.3 Å². The van der Waals surface area contributed by atoms with Crippen molar-refractivity contribution in [1.29, 1.82) is 0 Å². The van der Waals surface area contributed by atoms with Crippen molar-refractivity contribution in [3.8, 4) is 5.75 Å². The number of halogens is 3. The normalized spacial score (nSPS) is 17.1. The van der Waals surface area contributed by atoms with Crippen molar-refractivity contribution in [3.05, 3.63) is 41.9 Å². The fourth-order valence-electron chi connectivity index (χ4n) is 3.48. The average molecular weight is 434 g/mol. The molecular formula is C20H21F3N6O2. The van der Waals surface area contributed by atoms with Crippen LogP contribution in [-0.4, -0.2) is 52.8 Å². The number of fused-ring (bicyclic) bond motifs is 1. The second-order valence-corrected chi connectivity index (χ2v) is 7.06. The molecule has 0 bridgehead atoms. The van der Waals surface area contributed by atoms with E-state index in [1.807, 2.05) is 11.8 Å². The molecular weight excluding hydrogens is 413 g/mol. The van der Waals surface area contributed by atoms with Crippen molar-refractivity contribution in [2.75, 3.05) is 37.1 Å². The Morgan fingerprint density at radius 2 is 2.06 bits per heavy atom.